The highest BCUT2D eigenvalue weighted by atomic mass is 35.5. The van der Waals surface area contributed by atoms with Crippen molar-refractivity contribution in [3.63, 3.8) is 0 Å². The number of hydrogen-bond acceptors (Lipinski definition) is 4. The van der Waals surface area contributed by atoms with E-state index in [2.05, 4.69) is 5.32 Å². The second kappa shape index (κ2) is 7.98. The number of rotatable bonds is 5. The van der Waals surface area contributed by atoms with Crippen LogP contribution in [0.5, 0.6) is 5.75 Å². The summed E-state index contributed by atoms with van der Waals surface area (Å²) in [7, 11) is 3.92. The van der Waals surface area contributed by atoms with Crippen LogP contribution in [-0.4, -0.2) is 50.0 Å². The Morgan fingerprint density at radius 3 is 2.70 bits per heavy atom. The van der Waals surface area contributed by atoms with E-state index in [1.54, 1.807) is 54.3 Å². The van der Waals surface area contributed by atoms with E-state index in [1.807, 2.05) is 19.0 Å². The molecule has 1 unspecified atom stereocenters. The molecule has 7 heteroatoms. The van der Waals surface area contributed by atoms with Gasteiger partial charge in [0.25, 0.3) is 11.8 Å². The molecule has 1 aliphatic rings. The highest BCUT2D eigenvalue weighted by Crippen LogP contribution is 2.36. The molecule has 0 saturated carbocycles. The summed E-state index contributed by atoms with van der Waals surface area (Å²) >= 11 is 6.08. The van der Waals surface area contributed by atoms with Crippen LogP contribution in [0.4, 0.5) is 11.4 Å². The van der Waals surface area contributed by atoms with E-state index >= 15 is 0 Å². The summed E-state index contributed by atoms with van der Waals surface area (Å²) in [6.45, 7) is 3.03. The average Bonchev–Trinajstić information content (AvgIpc) is 2.62. The minimum atomic E-state index is -0.575. The average molecular weight is 388 g/mol. The molecule has 0 aromatic heterocycles. The van der Waals surface area contributed by atoms with Crippen LogP contribution in [0.3, 0.4) is 0 Å². The fourth-order valence-electron chi connectivity index (χ4n) is 2.86. The monoisotopic (exact) mass is 387 g/mol. The van der Waals surface area contributed by atoms with E-state index in [-0.39, 0.29) is 11.8 Å². The van der Waals surface area contributed by atoms with Crippen LogP contribution in [0.1, 0.15) is 17.3 Å². The number of anilines is 2. The molecule has 2 aromatic rings. The van der Waals surface area contributed by atoms with Gasteiger partial charge >= 0.3 is 0 Å². The van der Waals surface area contributed by atoms with Gasteiger partial charge in [0.05, 0.1) is 16.3 Å². The first-order valence-corrected chi connectivity index (χ1v) is 9.07. The van der Waals surface area contributed by atoms with Crippen molar-refractivity contribution in [3.05, 3.63) is 53.1 Å². The smallest absolute Gasteiger partial charge is 0.267 e. The topological polar surface area (TPSA) is 61.9 Å². The predicted molar refractivity (Wildman–Crippen MR) is 107 cm³/mol. The molecule has 27 heavy (non-hydrogen) atoms. The number of carbonyl (C=O) groups excluding carboxylic acids is 2. The van der Waals surface area contributed by atoms with Crippen LogP contribution in [0.25, 0.3) is 0 Å². The lowest BCUT2D eigenvalue weighted by molar-refractivity contribution is -0.125. The van der Waals surface area contributed by atoms with Gasteiger partial charge in [-0.05, 0) is 45.3 Å². The molecule has 0 fully saturated rings. The Morgan fingerprint density at radius 1 is 1.26 bits per heavy atom. The first-order chi connectivity index (χ1) is 12.9. The second-order valence-electron chi connectivity index (χ2n) is 6.67. The summed E-state index contributed by atoms with van der Waals surface area (Å²) < 4.78 is 5.75. The number of halogens is 1. The van der Waals surface area contributed by atoms with Crippen molar-refractivity contribution in [1.29, 1.82) is 0 Å². The van der Waals surface area contributed by atoms with E-state index in [0.29, 0.717) is 34.3 Å². The van der Waals surface area contributed by atoms with E-state index < -0.39 is 6.10 Å². The number of fused-ring (bicyclic) bond motifs is 1. The maximum absolute atomic E-state index is 12.5. The molecular formula is C20H22ClN3O3. The van der Waals surface area contributed by atoms with Crippen LogP contribution in [-0.2, 0) is 4.79 Å². The lowest BCUT2D eigenvalue weighted by atomic mass is 10.1. The van der Waals surface area contributed by atoms with Gasteiger partial charge in [-0.3, -0.25) is 9.59 Å². The van der Waals surface area contributed by atoms with Gasteiger partial charge < -0.3 is 19.9 Å². The zero-order valence-corrected chi connectivity index (χ0v) is 16.3. The Balaban J connectivity index is 1.83. The zero-order valence-electron chi connectivity index (χ0n) is 15.5. The molecule has 2 aromatic carbocycles. The normalized spacial score (nSPS) is 16.1. The Kier molecular flexibility index (Phi) is 5.68. The number of carbonyl (C=O) groups is 2. The number of likely N-dealkylation sites (N-methyl/N-ethyl adjacent to an activating group) is 1. The first-order valence-electron chi connectivity index (χ1n) is 8.69. The third-order valence-corrected chi connectivity index (χ3v) is 4.64. The van der Waals surface area contributed by atoms with Crippen molar-refractivity contribution < 1.29 is 14.3 Å². The quantitative estimate of drug-likeness (QED) is 0.855. The van der Waals surface area contributed by atoms with Crippen molar-refractivity contribution in [2.45, 2.75) is 13.0 Å². The predicted octanol–water partition coefficient (Wildman–Crippen LogP) is 3.27. The fraction of sp³-hybridized carbons (Fsp3) is 0.300. The molecule has 2 amide bonds. The van der Waals surface area contributed by atoms with Crippen molar-refractivity contribution in [1.82, 2.24) is 4.90 Å². The summed E-state index contributed by atoms with van der Waals surface area (Å²) in [5.41, 5.74) is 1.68. The highest BCUT2D eigenvalue weighted by Gasteiger charge is 2.31. The van der Waals surface area contributed by atoms with Crippen LogP contribution in [0.15, 0.2) is 42.5 Å². The second-order valence-corrected chi connectivity index (χ2v) is 7.08. The maximum Gasteiger partial charge on any atom is 0.267 e. The van der Waals surface area contributed by atoms with E-state index in [4.69, 9.17) is 16.3 Å². The standard InChI is InChI=1S/C20H22ClN3O3/c1-13-20(26)24(11-10-23(2)3)17-9-8-14(12-18(17)27-13)22-19(25)15-6-4-5-7-16(15)21/h4-9,12-13H,10-11H2,1-3H3,(H,22,25). The first kappa shape index (κ1) is 19.2. The van der Waals surface area contributed by atoms with Gasteiger partial charge in [-0.1, -0.05) is 23.7 Å². The van der Waals surface area contributed by atoms with Crippen LogP contribution in [0.2, 0.25) is 5.02 Å². The van der Waals surface area contributed by atoms with Gasteiger partial charge in [0.1, 0.15) is 5.75 Å². The van der Waals surface area contributed by atoms with Crippen molar-refractivity contribution in [2.24, 2.45) is 0 Å². The number of nitrogens with one attached hydrogen (secondary N) is 1. The van der Waals surface area contributed by atoms with Gasteiger partial charge in [-0.25, -0.2) is 0 Å². The Bertz CT molecular complexity index is 869. The van der Waals surface area contributed by atoms with Gasteiger partial charge in [0, 0.05) is 24.8 Å². The van der Waals surface area contributed by atoms with Gasteiger partial charge in [0.15, 0.2) is 6.10 Å². The van der Waals surface area contributed by atoms with E-state index in [9.17, 15) is 9.59 Å². The molecule has 1 N–H and O–H groups in total. The van der Waals surface area contributed by atoms with Gasteiger partial charge in [-0.15, -0.1) is 0 Å². The lowest BCUT2D eigenvalue weighted by Crippen LogP contribution is -2.46. The molecule has 142 valence electrons. The maximum atomic E-state index is 12.5. The molecule has 1 atom stereocenters. The van der Waals surface area contributed by atoms with Crippen LogP contribution < -0.4 is 15.0 Å². The number of hydrogen-bond donors (Lipinski definition) is 1. The Labute approximate surface area is 163 Å². The third-order valence-electron chi connectivity index (χ3n) is 4.32. The van der Waals surface area contributed by atoms with Crippen molar-refractivity contribution in [3.8, 4) is 5.75 Å². The van der Waals surface area contributed by atoms with E-state index in [0.717, 1.165) is 6.54 Å². The molecule has 6 nitrogen and oxygen atoms in total. The molecular weight excluding hydrogens is 366 g/mol. The molecule has 1 heterocycles. The van der Waals surface area contributed by atoms with E-state index in [1.165, 1.54) is 0 Å². The molecule has 0 aliphatic carbocycles. The van der Waals surface area contributed by atoms with Crippen LogP contribution >= 0.6 is 11.6 Å². The van der Waals surface area contributed by atoms with Gasteiger partial charge in [0.2, 0.25) is 0 Å². The number of ether oxygens (including phenoxy) is 1. The van der Waals surface area contributed by atoms with Gasteiger partial charge in [-0.2, -0.15) is 0 Å². The number of nitrogens with zero attached hydrogens (tertiary/aromatic N) is 2. The summed E-state index contributed by atoms with van der Waals surface area (Å²) in [6.07, 6.45) is -0.575. The minimum absolute atomic E-state index is 0.0720. The minimum Gasteiger partial charge on any atom is -0.479 e. The molecule has 0 spiro atoms. The molecule has 1 aliphatic heterocycles. The highest BCUT2D eigenvalue weighted by molar-refractivity contribution is 6.34. The summed E-state index contributed by atoms with van der Waals surface area (Å²) in [5, 5.41) is 3.21. The molecule has 0 saturated heterocycles. The number of amides is 2. The number of benzene rings is 2. The third kappa shape index (κ3) is 4.23. The lowest BCUT2D eigenvalue weighted by Gasteiger charge is -2.34. The summed E-state index contributed by atoms with van der Waals surface area (Å²) in [6, 6.07) is 12.1. The fourth-order valence-corrected chi connectivity index (χ4v) is 3.08. The Hall–Kier alpha value is -2.57. The largest absolute Gasteiger partial charge is 0.479 e. The molecule has 0 bridgehead atoms. The SMILES string of the molecule is CC1Oc2cc(NC(=O)c3ccccc3Cl)ccc2N(CCN(C)C)C1=O. The summed E-state index contributed by atoms with van der Waals surface area (Å²) in [5.74, 6) is 0.194. The molecule has 3 rings (SSSR count). The zero-order chi connectivity index (χ0) is 19.6. The Morgan fingerprint density at radius 2 is 2.00 bits per heavy atom. The van der Waals surface area contributed by atoms with Crippen molar-refractivity contribution >= 4 is 34.8 Å². The van der Waals surface area contributed by atoms with Crippen LogP contribution in [0, 0.1) is 0 Å². The summed E-state index contributed by atoms with van der Waals surface area (Å²) in [4.78, 5) is 28.7. The molecule has 0 radical (unpaired) electrons. The van der Waals surface area contributed by atoms with Crippen molar-refractivity contribution in [2.75, 3.05) is 37.4 Å².